The Morgan fingerprint density at radius 2 is 2.00 bits per heavy atom. The van der Waals surface area contributed by atoms with Gasteiger partial charge >= 0.3 is 0 Å². The Labute approximate surface area is 79.3 Å². The molecule has 12 heavy (non-hydrogen) atoms. The number of hydrogen-bond donors (Lipinski definition) is 0. The Balaban J connectivity index is 3.15. The zero-order chi connectivity index (χ0) is 8.97. The first kappa shape index (κ1) is 9.26. The maximum atomic E-state index is 11.2. The number of rotatable bonds is 2. The highest BCUT2D eigenvalue weighted by Gasteiger charge is 1.95. The summed E-state index contributed by atoms with van der Waals surface area (Å²) in [6.45, 7) is 2.36. The van der Waals surface area contributed by atoms with Gasteiger partial charge in [0.1, 0.15) is 0 Å². The third-order valence-corrected chi connectivity index (χ3v) is 1.86. The molecule has 0 bridgehead atoms. The maximum Gasteiger partial charge on any atom is 0.220 e. The van der Waals surface area contributed by atoms with E-state index in [1.165, 1.54) is 6.07 Å². The quantitative estimate of drug-likeness (QED) is 0.777. The Morgan fingerprint density at radius 3 is 2.67 bits per heavy atom. The molecule has 2 nitrogen and oxygen atoms in total. The van der Waals surface area contributed by atoms with Crippen molar-refractivity contribution in [3.63, 3.8) is 0 Å². The summed E-state index contributed by atoms with van der Waals surface area (Å²) in [5.74, 6) is 0.392. The van der Waals surface area contributed by atoms with Crippen molar-refractivity contribution < 1.29 is 4.74 Å². The fourth-order valence-electron chi connectivity index (χ4n) is 0.805. The lowest BCUT2D eigenvalue weighted by molar-refractivity contribution is 0.337. The van der Waals surface area contributed by atoms with E-state index in [2.05, 4.69) is 15.9 Å². The SMILES string of the molecule is CCOc1ccc(Br)ccc1=O. The normalized spacial score (nSPS) is 9.50. The van der Waals surface area contributed by atoms with Crippen molar-refractivity contribution in [1.29, 1.82) is 0 Å². The molecule has 0 aromatic heterocycles. The molecule has 0 atom stereocenters. The second-order valence-electron chi connectivity index (χ2n) is 2.21. The molecule has 0 radical (unpaired) electrons. The summed E-state index contributed by atoms with van der Waals surface area (Å²) in [4.78, 5) is 11.2. The summed E-state index contributed by atoms with van der Waals surface area (Å²) in [7, 11) is 0. The van der Waals surface area contributed by atoms with Crippen LogP contribution in [0.4, 0.5) is 0 Å². The Hall–Kier alpha value is -0.830. The van der Waals surface area contributed by atoms with Crippen molar-refractivity contribution in [1.82, 2.24) is 0 Å². The summed E-state index contributed by atoms with van der Waals surface area (Å²) in [5.41, 5.74) is -0.0949. The first-order chi connectivity index (χ1) is 5.74. The van der Waals surface area contributed by atoms with Crippen LogP contribution >= 0.6 is 15.9 Å². The van der Waals surface area contributed by atoms with Gasteiger partial charge in [0.05, 0.1) is 6.61 Å². The zero-order valence-electron chi connectivity index (χ0n) is 6.71. The lowest BCUT2D eigenvalue weighted by Crippen LogP contribution is -2.02. The molecular formula is C9H9BrO2. The average molecular weight is 229 g/mol. The van der Waals surface area contributed by atoms with Crippen LogP contribution in [0.5, 0.6) is 5.75 Å². The fraction of sp³-hybridized carbons (Fsp3) is 0.222. The Bertz CT molecular complexity index is 323. The van der Waals surface area contributed by atoms with Gasteiger partial charge in [-0.2, -0.15) is 0 Å². The maximum absolute atomic E-state index is 11.2. The molecule has 0 aliphatic rings. The smallest absolute Gasteiger partial charge is 0.220 e. The lowest BCUT2D eigenvalue weighted by atomic mass is 10.4. The highest BCUT2D eigenvalue weighted by Crippen LogP contribution is 2.09. The van der Waals surface area contributed by atoms with Gasteiger partial charge in [-0.25, -0.2) is 0 Å². The summed E-state index contributed by atoms with van der Waals surface area (Å²) >= 11 is 3.27. The van der Waals surface area contributed by atoms with E-state index in [9.17, 15) is 4.79 Å². The Kier molecular flexibility index (Phi) is 3.29. The van der Waals surface area contributed by atoms with Crippen molar-refractivity contribution in [3.8, 4) is 5.75 Å². The van der Waals surface area contributed by atoms with E-state index in [0.717, 1.165) is 4.47 Å². The first-order valence-corrected chi connectivity index (χ1v) is 4.46. The molecule has 0 amide bonds. The van der Waals surface area contributed by atoms with Gasteiger partial charge in [-0.05, 0) is 31.2 Å². The minimum absolute atomic E-state index is 0.0949. The van der Waals surface area contributed by atoms with E-state index >= 15 is 0 Å². The fourth-order valence-corrected chi connectivity index (χ4v) is 1.07. The molecule has 0 saturated heterocycles. The second kappa shape index (κ2) is 4.26. The van der Waals surface area contributed by atoms with E-state index in [-0.39, 0.29) is 5.43 Å². The predicted octanol–water partition coefficient (Wildman–Crippen LogP) is 2.21. The van der Waals surface area contributed by atoms with Gasteiger partial charge < -0.3 is 4.74 Å². The van der Waals surface area contributed by atoms with Crippen molar-refractivity contribution in [2.24, 2.45) is 0 Å². The topological polar surface area (TPSA) is 26.3 Å². The molecule has 64 valence electrons. The highest BCUT2D eigenvalue weighted by molar-refractivity contribution is 9.10. The van der Waals surface area contributed by atoms with Crippen LogP contribution in [0.25, 0.3) is 0 Å². The van der Waals surface area contributed by atoms with Crippen LogP contribution in [0.3, 0.4) is 0 Å². The number of ether oxygens (including phenoxy) is 1. The molecule has 1 rings (SSSR count). The van der Waals surface area contributed by atoms with Crippen LogP contribution < -0.4 is 10.2 Å². The van der Waals surface area contributed by atoms with Crippen LogP contribution in [0.15, 0.2) is 33.5 Å². The summed E-state index contributed by atoms with van der Waals surface area (Å²) < 4.78 is 5.98. The average Bonchev–Trinajstić information content (AvgIpc) is 2.20. The molecule has 0 spiro atoms. The van der Waals surface area contributed by atoms with Crippen LogP contribution in [0, 0.1) is 0 Å². The molecular weight excluding hydrogens is 220 g/mol. The molecule has 3 heteroatoms. The van der Waals surface area contributed by atoms with Gasteiger partial charge in [0.25, 0.3) is 0 Å². The van der Waals surface area contributed by atoms with E-state index in [1.807, 2.05) is 6.92 Å². The third-order valence-electron chi connectivity index (χ3n) is 1.33. The monoisotopic (exact) mass is 228 g/mol. The first-order valence-electron chi connectivity index (χ1n) is 3.66. The van der Waals surface area contributed by atoms with Crippen molar-refractivity contribution in [2.75, 3.05) is 6.61 Å². The predicted molar refractivity (Wildman–Crippen MR) is 51.6 cm³/mol. The minimum Gasteiger partial charge on any atom is -0.490 e. The minimum atomic E-state index is -0.0949. The van der Waals surface area contributed by atoms with Gasteiger partial charge in [-0.3, -0.25) is 4.79 Å². The van der Waals surface area contributed by atoms with Crippen LogP contribution in [0.1, 0.15) is 6.92 Å². The van der Waals surface area contributed by atoms with Crippen LogP contribution in [0.2, 0.25) is 0 Å². The molecule has 0 N–H and O–H groups in total. The number of hydrogen-bond acceptors (Lipinski definition) is 2. The van der Waals surface area contributed by atoms with Crippen LogP contribution in [-0.4, -0.2) is 6.61 Å². The number of halogens is 1. The van der Waals surface area contributed by atoms with Gasteiger partial charge in [0.2, 0.25) is 5.43 Å². The molecule has 0 saturated carbocycles. The van der Waals surface area contributed by atoms with E-state index in [1.54, 1.807) is 18.2 Å². The molecule has 0 aliphatic heterocycles. The van der Waals surface area contributed by atoms with Crippen LogP contribution in [-0.2, 0) is 0 Å². The molecule has 0 heterocycles. The van der Waals surface area contributed by atoms with E-state index < -0.39 is 0 Å². The molecule has 1 aromatic carbocycles. The van der Waals surface area contributed by atoms with Crippen molar-refractivity contribution in [2.45, 2.75) is 6.92 Å². The van der Waals surface area contributed by atoms with Crippen molar-refractivity contribution >= 4 is 15.9 Å². The largest absolute Gasteiger partial charge is 0.490 e. The Morgan fingerprint density at radius 1 is 1.33 bits per heavy atom. The third kappa shape index (κ3) is 2.34. The van der Waals surface area contributed by atoms with Gasteiger partial charge in [-0.1, -0.05) is 15.9 Å². The second-order valence-corrected chi connectivity index (χ2v) is 3.13. The summed E-state index contributed by atoms with van der Waals surface area (Å²) in [6.07, 6.45) is 0. The zero-order valence-corrected chi connectivity index (χ0v) is 8.30. The van der Waals surface area contributed by atoms with Gasteiger partial charge in [-0.15, -0.1) is 0 Å². The highest BCUT2D eigenvalue weighted by atomic mass is 79.9. The molecule has 0 aliphatic carbocycles. The standard InChI is InChI=1S/C9H9BrO2/c1-2-12-9-6-4-7(10)3-5-8(9)11/h3-6H,2H2,1H3. The molecule has 0 fully saturated rings. The lowest BCUT2D eigenvalue weighted by Gasteiger charge is -1.95. The summed E-state index contributed by atoms with van der Waals surface area (Å²) in [5, 5.41) is 0. The molecule has 1 aromatic rings. The van der Waals surface area contributed by atoms with Gasteiger partial charge in [0.15, 0.2) is 5.75 Å². The van der Waals surface area contributed by atoms with E-state index in [4.69, 9.17) is 4.74 Å². The molecule has 0 unspecified atom stereocenters. The van der Waals surface area contributed by atoms with Gasteiger partial charge in [0, 0.05) is 4.47 Å². The summed E-state index contributed by atoms with van der Waals surface area (Å²) in [6, 6.07) is 6.63. The van der Waals surface area contributed by atoms with Crippen molar-refractivity contribution in [3.05, 3.63) is 39.0 Å². The van der Waals surface area contributed by atoms with E-state index in [0.29, 0.717) is 12.4 Å².